The Morgan fingerprint density at radius 1 is 1.47 bits per heavy atom. The number of aryl methyl sites for hydroxylation is 1. The molecule has 2 rings (SSSR count). The summed E-state index contributed by atoms with van der Waals surface area (Å²) < 4.78 is 39.7. The summed E-state index contributed by atoms with van der Waals surface area (Å²) in [6.45, 7) is -1.65. The lowest BCUT2D eigenvalue weighted by atomic mass is 10.1. The normalized spacial score (nSPS) is 13.8. The molecule has 1 amide bonds. The molecule has 1 aromatic rings. The van der Waals surface area contributed by atoms with E-state index in [9.17, 15) is 18.0 Å². The van der Waals surface area contributed by atoms with Gasteiger partial charge in [0.15, 0.2) is 6.61 Å². The summed E-state index contributed by atoms with van der Waals surface area (Å²) in [6.07, 6.45) is -3.22. The second kappa shape index (κ2) is 5.09. The van der Waals surface area contributed by atoms with Gasteiger partial charge in [-0.25, -0.2) is 4.79 Å². The molecular weight excluding hydrogens is 281 g/mol. The molecule has 102 valence electrons. The highest BCUT2D eigenvalue weighted by Gasteiger charge is 2.30. The standard InChI is InChI=1S/C11H9F3N2O2S/c12-11(13,14)5-18-10(17)16-9-7(4-15)6-2-1-3-8(6)19-9/h1-3,5H2,(H,16,17). The first-order valence-electron chi connectivity index (χ1n) is 5.46. The van der Waals surface area contributed by atoms with Crippen LogP contribution in [0.25, 0.3) is 0 Å². The smallest absolute Gasteiger partial charge is 0.422 e. The fraction of sp³-hybridized carbons (Fsp3) is 0.455. The molecule has 19 heavy (non-hydrogen) atoms. The van der Waals surface area contributed by atoms with Gasteiger partial charge in [-0.05, 0) is 24.8 Å². The van der Waals surface area contributed by atoms with E-state index in [4.69, 9.17) is 5.26 Å². The fourth-order valence-corrected chi connectivity index (χ4v) is 3.11. The van der Waals surface area contributed by atoms with E-state index < -0.39 is 18.9 Å². The topological polar surface area (TPSA) is 62.1 Å². The number of carbonyl (C=O) groups excluding carboxylic acids is 1. The van der Waals surface area contributed by atoms with Crippen molar-refractivity contribution in [3.05, 3.63) is 16.0 Å². The minimum Gasteiger partial charge on any atom is -0.440 e. The van der Waals surface area contributed by atoms with Crippen LogP contribution in [0.2, 0.25) is 0 Å². The summed E-state index contributed by atoms with van der Waals surface area (Å²) in [4.78, 5) is 12.2. The highest BCUT2D eigenvalue weighted by Crippen LogP contribution is 2.38. The summed E-state index contributed by atoms with van der Waals surface area (Å²) in [5.74, 6) is 0. The van der Waals surface area contributed by atoms with Gasteiger partial charge in [-0.3, -0.25) is 5.32 Å². The lowest BCUT2D eigenvalue weighted by molar-refractivity contribution is -0.159. The highest BCUT2D eigenvalue weighted by molar-refractivity contribution is 7.16. The van der Waals surface area contributed by atoms with Gasteiger partial charge in [0.25, 0.3) is 0 Å². The third kappa shape index (κ3) is 3.17. The maximum absolute atomic E-state index is 11.9. The fourth-order valence-electron chi connectivity index (χ4n) is 1.89. The Morgan fingerprint density at radius 3 is 2.84 bits per heavy atom. The van der Waals surface area contributed by atoms with E-state index in [1.54, 1.807) is 0 Å². The number of anilines is 1. The largest absolute Gasteiger partial charge is 0.440 e. The van der Waals surface area contributed by atoms with Crippen LogP contribution in [0, 0.1) is 11.3 Å². The molecule has 0 spiro atoms. The number of halogens is 3. The van der Waals surface area contributed by atoms with E-state index in [1.165, 1.54) is 11.3 Å². The molecule has 0 radical (unpaired) electrons. The zero-order chi connectivity index (χ0) is 14.0. The van der Waals surface area contributed by atoms with Gasteiger partial charge in [-0.15, -0.1) is 11.3 Å². The minimum atomic E-state index is -4.56. The predicted molar refractivity (Wildman–Crippen MR) is 62.1 cm³/mol. The Bertz CT molecular complexity index is 545. The first-order valence-corrected chi connectivity index (χ1v) is 6.27. The third-order valence-corrected chi connectivity index (χ3v) is 3.82. The van der Waals surface area contributed by atoms with E-state index in [0.717, 1.165) is 29.7 Å². The van der Waals surface area contributed by atoms with Gasteiger partial charge < -0.3 is 4.74 Å². The zero-order valence-corrected chi connectivity index (χ0v) is 10.5. The van der Waals surface area contributed by atoms with Crippen molar-refractivity contribution in [2.24, 2.45) is 0 Å². The summed E-state index contributed by atoms with van der Waals surface area (Å²) in [7, 11) is 0. The number of carbonyl (C=O) groups is 1. The van der Waals surface area contributed by atoms with E-state index in [-0.39, 0.29) is 5.00 Å². The lowest BCUT2D eigenvalue weighted by Gasteiger charge is -2.08. The Hall–Kier alpha value is -1.75. The van der Waals surface area contributed by atoms with Crippen molar-refractivity contribution >= 4 is 22.4 Å². The molecule has 0 saturated heterocycles. The number of nitrogens with one attached hydrogen (secondary N) is 1. The quantitative estimate of drug-likeness (QED) is 0.909. The second-order valence-corrected chi connectivity index (χ2v) is 5.09. The van der Waals surface area contributed by atoms with Gasteiger partial charge >= 0.3 is 12.3 Å². The molecule has 4 nitrogen and oxygen atoms in total. The van der Waals surface area contributed by atoms with Crippen molar-refractivity contribution < 1.29 is 22.7 Å². The number of ether oxygens (including phenoxy) is 1. The van der Waals surface area contributed by atoms with E-state index in [1.807, 2.05) is 6.07 Å². The Balaban J connectivity index is 2.04. The number of nitrogens with zero attached hydrogens (tertiary/aromatic N) is 1. The van der Waals surface area contributed by atoms with Crippen LogP contribution in [0.15, 0.2) is 0 Å². The molecule has 0 fully saturated rings. The molecule has 1 aliphatic carbocycles. The van der Waals surface area contributed by atoms with Crippen molar-refractivity contribution in [1.29, 1.82) is 5.26 Å². The van der Waals surface area contributed by atoms with Crippen LogP contribution in [0.3, 0.4) is 0 Å². The van der Waals surface area contributed by atoms with E-state index >= 15 is 0 Å². The van der Waals surface area contributed by atoms with Gasteiger partial charge in [-0.1, -0.05) is 0 Å². The molecule has 0 bridgehead atoms. The van der Waals surface area contributed by atoms with Gasteiger partial charge in [0, 0.05) is 4.88 Å². The second-order valence-electron chi connectivity index (χ2n) is 3.99. The number of nitriles is 1. The van der Waals surface area contributed by atoms with Crippen LogP contribution in [0.4, 0.5) is 23.0 Å². The van der Waals surface area contributed by atoms with Crippen molar-refractivity contribution in [3.63, 3.8) is 0 Å². The molecule has 0 aromatic carbocycles. The van der Waals surface area contributed by atoms with Gasteiger partial charge in [0.05, 0.1) is 5.56 Å². The predicted octanol–water partition coefficient (Wildman–Crippen LogP) is 3.22. The molecular formula is C11H9F3N2O2S. The number of alkyl halides is 3. The molecule has 0 unspecified atom stereocenters. The van der Waals surface area contributed by atoms with Crippen LogP contribution in [-0.2, 0) is 17.6 Å². The molecule has 1 heterocycles. The van der Waals surface area contributed by atoms with Crippen molar-refractivity contribution in [3.8, 4) is 6.07 Å². The average molecular weight is 290 g/mol. The molecule has 1 N–H and O–H groups in total. The van der Waals surface area contributed by atoms with Crippen LogP contribution in [-0.4, -0.2) is 18.9 Å². The molecule has 1 aromatic heterocycles. The first-order chi connectivity index (χ1) is 8.90. The van der Waals surface area contributed by atoms with Crippen LogP contribution < -0.4 is 5.32 Å². The Labute approximate surface area is 110 Å². The Kier molecular flexibility index (Phi) is 3.66. The minimum absolute atomic E-state index is 0.263. The summed E-state index contributed by atoms with van der Waals surface area (Å²) in [5, 5.41) is 11.5. The number of hydrogen-bond donors (Lipinski definition) is 1. The molecule has 1 aliphatic rings. The summed E-state index contributed by atoms with van der Waals surface area (Å²) in [5.41, 5.74) is 1.22. The Morgan fingerprint density at radius 2 is 2.21 bits per heavy atom. The maximum Gasteiger partial charge on any atom is 0.422 e. The van der Waals surface area contributed by atoms with E-state index in [2.05, 4.69) is 10.1 Å². The lowest BCUT2D eigenvalue weighted by Crippen LogP contribution is -2.23. The van der Waals surface area contributed by atoms with Crippen LogP contribution in [0.1, 0.15) is 22.4 Å². The number of fused-ring (bicyclic) bond motifs is 1. The molecule has 0 saturated carbocycles. The van der Waals surface area contributed by atoms with Crippen molar-refractivity contribution in [1.82, 2.24) is 0 Å². The number of thiophene rings is 1. The van der Waals surface area contributed by atoms with Crippen LogP contribution >= 0.6 is 11.3 Å². The zero-order valence-electron chi connectivity index (χ0n) is 9.63. The van der Waals surface area contributed by atoms with Crippen molar-refractivity contribution in [2.45, 2.75) is 25.4 Å². The number of rotatable bonds is 2. The summed E-state index contributed by atoms with van der Waals surface area (Å²) in [6, 6.07) is 1.97. The maximum atomic E-state index is 11.9. The van der Waals surface area contributed by atoms with E-state index in [0.29, 0.717) is 5.56 Å². The SMILES string of the molecule is N#Cc1c(NC(=O)OCC(F)(F)F)sc2c1CCC2. The molecule has 0 atom stereocenters. The average Bonchev–Trinajstić information content (AvgIpc) is 2.85. The van der Waals surface area contributed by atoms with Gasteiger partial charge in [0.2, 0.25) is 0 Å². The molecule has 0 aliphatic heterocycles. The number of hydrogen-bond acceptors (Lipinski definition) is 4. The van der Waals surface area contributed by atoms with Crippen molar-refractivity contribution in [2.75, 3.05) is 11.9 Å². The highest BCUT2D eigenvalue weighted by atomic mass is 32.1. The summed E-state index contributed by atoms with van der Waals surface area (Å²) >= 11 is 1.22. The third-order valence-electron chi connectivity index (χ3n) is 2.62. The first kappa shape index (κ1) is 13.7. The molecule has 8 heteroatoms. The monoisotopic (exact) mass is 290 g/mol. The van der Waals surface area contributed by atoms with Gasteiger partial charge in [-0.2, -0.15) is 18.4 Å². The van der Waals surface area contributed by atoms with Crippen LogP contribution in [0.5, 0.6) is 0 Å². The van der Waals surface area contributed by atoms with Gasteiger partial charge in [0.1, 0.15) is 11.1 Å². The number of amides is 1.